The van der Waals surface area contributed by atoms with Crippen LogP contribution in [0.1, 0.15) is 32.3 Å². The van der Waals surface area contributed by atoms with E-state index >= 15 is 0 Å². The molecule has 5 heteroatoms. The van der Waals surface area contributed by atoms with Gasteiger partial charge in [0.05, 0.1) is 5.41 Å². The van der Waals surface area contributed by atoms with E-state index in [1.54, 1.807) is 9.80 Å². The van der Waals surface area contributed by atoms with Crippen molar-refractivity contribution in [3.63, 3.8) is 0 Å². The summed E-state index contributed by atoms with van der Waals surface area (Å²) in [5.74, 6) is 0.674. The van der Waals surface area contributed by atoms with Crippen molar-refractivity contribution < 1.29 is 9.59 Å². The molecule has 1 aromatic rings. The van der Waals surface area contributed by atoms with Crippen LogP contribution in [0.4, 0.5) is 10.5 Å². The van der Waals surface area contributed by atoms with Crippen molar-refractivity contribution in [2.75, 3.05) is 31.6 Å². The minimum atomic E-state index is -0.555. The summed E-state index contributed by atoms with van der Waals surface area (Å²) in [6.45, 7) is 6.06. The normalized spacial score (nSPS) is 23.0. The lowest BCUT2D eigenvalue weighted by Gasteiger charge is -2.23. The van der Waals surface area contributed by atoms with Crippen LogP contribution in [0.2, 0.25) is 0 Å². The number of fused-ring (bicyclic) bond motifs is 2. The lowest BCUT2D eigenvalue weighted by atomic mass is 9.81. The van der Waals surface area contributed by atoms with Gasteiger partial charge in [-0.2, -0.15) is 0 Å². The van der Waals surface area contributed by atoms with Gasteiger partial charge in [-0.05, 0) is 30.4 Å². The lowest BCUT2D eigenvalue weighted by Crippen LogP contribution is -2.44. The van der Waals surface area contributed by atoms with Gasteiger partial charge in [0.2, 0.25) is 5.91 Å². The molecule has 1 saturated heterocycles. The number of likely N-dealkylation sites (N-methyl/N-ethyl adjacent to an activating group) is 1. The van der Waals surface area contributed by atoms with Gasteiger partial charge in [0.25, 0.3) is 0 Å². The predicted molar refractivity (Wildman–Crippen MR) is 90.6 cm³/mol. The molecular formula is C18H25N3O2. The molecule has 1 N–H and O–H groups in total. The number of rotatable bonds is 3. The monoisotopic (exact) mass is 315 g/mol. The van der Waals surface area contributed by atoms with Gasteiger partial charge in [-0.25, -0.2) is 4.79 Å². The van der Waals surface area contributed by atoms with Gasteiger partial charge in [-0.3, -0.25) is 4.79 Å². The zero-order valence-corrected chi connectivity index (χ0v) is 14.1. The van der Waals surface area contributed by atoms with Crippen LogP contribution in [0.5, 0.6) is 0 Å². The second-order valence-corrected chi connectivity index (χ2v) is 7.05. The summed E-state index contributed by atoms with van der Waals surface area (Å²) in [5, 5.41) is 2.97. The minimum Gasteiger partial charge on any atom is -0.338 e. The molecule has 0 aliphatic carbocycles. The number of para-hydroxylation sites is 1. The summed E-state index contributed by atoms with van der Waals surface area (Å²) in [6.07, 6.45) is 1.67. The van der Waals surface area contributed by atoms with Crippen molar-refractivity contribution in [2.45, 2.75) is 32.1 Å². The second-order valence-electron chi connectivity index (χ2n) is 7.05. The van der Waals surface area contributed by atoms with Crippen molar-refractivity contribution in [3.05, 3.63) is 29.8 Å². The van der Waals surface area contributed by atoms with E-state index in [1.165, 1.54) is 0 Å². The average molecular weight is 315 g/mol. The number of likely N-dealkylation sites (tertiary alicyclic amines) is 1. The number of carbonyl (C=O) groups excluding carboxylic acids is 2. The van der Waals surface area contributed by atoms with Crippen LogP contribution >= 0.6 is 0 Å². The first-order chi connectivity index (χ1) is 11.0. The maximum atomic E-state index is 12.8. The number of hydrogen-bond donors (Lipinski definition) is 1. The third-order valence-electron chi connectivity index (χ3n) is 5.05. The molecule has 23 heavy (non-hydrogen) atoms. The largest absolute Gasteiger partial charge is 0.338 e. The van der Waals surface area contributed by atoms with Gasteiger partial charge in [-0.15, -0.1) is 0 Å². The van der Waals surface area contributed by atoms with Crippen molar-refractivity contribution in [1.82, 2.24) is 10.2 Å². The topological polar surface area (TPSA) is 52.7 Å². The Morgan fingerprint density at radius 3 is 2.83 bits per heavy atom. The smallest absolute Gasteiger partial charge is 0.317 e. The molecule has 0 radical (unpaired) electrons. The molecule has 124 valence electrons. The number of anilines is 1. The molecule has 2 aliphatic rings. The highest BCUT2D eigenvalue weighted by Gasteiger charge is 2.54. The molecule has 1 atom stereocenters. The van der Waals surface area contributed by atoms with E-state index in [-0.39, 0.29) is 11.9 Å². The lowest BCUT2D eigenvalue weighted by molar-refractivity contribution is -0.122. The molecule has 0 saturated carbocycles. The van der Waals surface area contributed by atoms with E-state index in [9.17, 15) is 9.59 Å². The molecule has 1 unspecified atom stereocenters. The minimum absolute atomic E-state index is 0.0534. The number of urea groups is 1. The molecule has 3 rings (SSSR count). The van der Waals surface area contributed by atoms with Gasteiger partial charge in [0.15, 0.2) is 0 Å². The van der Waals surface area contributed by atoms with Crippen LogP contribution in [-0.4, -0.2) is 43.5 Å². The van der Waals surface area contributed by atoms with Crippen LogP contribution in [0.15, 0.2) is 24.3 Å². The molecule has 2 heterocycles. The van der Waals surface area contributed by atoms with Gasteiger partial charge >= 0.3 is 6.03 Å². The fourth-order valence-corrected chi connectivity index (χ4v) is 3.67. The van der Waals surface area contributed by atoms with Gasteiger partial charge in [0, 0.05) is 32.4 Å². The third kappa shape index (κ3) is 2.58. The molecule has 2 aliphatic heterocycles. The molecule has 0 bridgehead atoms. The van der Waals surface area contributed by atoms with Crippen LogP contribution in [-0.2, 0) is 10.2 Å². The Morgan fingerprint density at radius 2 is 2.09 bits per heavy atom. The highest BCUT2D eigenvalue weighted by atomic mass is 16.2. The van der Waals surface area contributed by atoms with Crippen molar-refractivity contribution >= 4 is 17.6 Å². The summed E-state index contributed by atoms with van der Waals surface area (Å²) in [7, 11) is 1.82. The van der Waals surface area contributed by atoms with E-state index < -0.39 is 5.41 Å². The van der Waals surface area contributed by atoms with Crippen LogP contribution < -0.4 is 10.2 Å². The van der Waals surface area contributed by atoms with E-state index in [4.69, 9.17) is 0 Å². The highest BCUT2D eigenvalue weighted by molar-refractivity contribution is 6.08. The quantitative estimate of drug-likeness (QED) is 0.931. The summed E-state index contributed by atoms with van der Waals surface area (Å²) in [6, 6.07) is 7.87. The van der Waals surface area contributed by atoms with Crippen LogP contribution in [0.3, 0.4) is 0 Å². The van der Waals surface area contributed by atoms with E-state index in [0.717, 1.165) is 17.7 Å². The number of carbonyl (C=O) groups is 2. The third-order valence-corrected chi connectivity index (χ3v) is 5.05. The maximum Gasteiger partial charge on any atom is 0.317 e. The van der Waals surface area contributed by atoms with Crippen LogP contribution in [0.25, 0.3) is 0 Å². The molecule has 1 aromatic carbocycles. The standard InChI is InChI=1S/C18H25N3O2/c1-13(2)8-10-19-17(23)21-11-9-18(12-21)14-6-4-5-7-15(14)20(3)16(18)22/h4-7,13H,8-12H2,1-3H3,(H,19,23). The van der Waals surface area contributed by atoms with Gasteiger partial charge < -0.3 is 15.1 Å². The van der Waals surface area contributed by atoms with Gasteiger partial charge in [0.1, 0.15) is 0 Å². The average Bonchev–Trinajstić information content (AvgIpc) is 3.06. The zero-order chi connectivity index (χ0) is 16.6. The number of nitrogens with zero attached hydrogens (tertiary/aromatic N) is 2. The Hall–Kier alpha value is -2.04. The summed E-state index contributed by atoms with van der Waals surface area (Å²) in [5.41, 5.74) is 1.48. The fraction of sp³-hybridized carbons (Fsp3) is 0.556. The molecule has 3 amide bonds. The Labute approximate surface area is 137 Å². The van der Waals surface area contributed by atoms with Crippen molar-refractivity contribution in [1.29, 1.82) is 0 Å². The Balaban J connectivity index is 1.74. The Bertz CT molecular complexity index is 628. The summed E-state index contributed by atoms with van der Waals surface area (Å²) >= 11 is 0. The zero-order valence-electron chi connectivity index (χ0n) is 14.1. The first kappa shape index (κ1) is 15.8. The van der Waals surface area contributed by atoms with Gasteiger partial charge in [-0.1, -0.05) is 32.0 Å². The number of benzene rings is 1. The summed E-state index contributed by atoms with van der Waals surface area (Å²) in [4.78, 5) is 28.7. The molecule has 0 aromatic heterocycles. The second kappa shape index (κ2) is 5.87. The van der Waals surface area contributed by atoms with E-state index in [1.807, 2.05) is 31.3 Å². The van der Waals surface area contributed by atoms with Crippen LogP contribution in [0, 0.1) is 5.92 Å². The van der Waals surface area contributed by atoms with Crippen molar-refractivity contribution in [2.24, 2.45) is 5.92 Å². The number of nitrogens with one attached hydrogen (secondary N) is 1. The Kier molecular flexibility index (Phi) is 4.04. The Morgan fingerprint density at radius 1 is 1.35 bits per heavy atom. The summed E-state index contributed by atoms with van der Waals surface area (Å²) < 4.78 is 0. The molecule has 1 fully saturated rings. The fourth-order valence-electron chi connectivity index (χ4n) is 3.67. The highest BCUT2D eigenvalue weighted by Crippen LogP contribution is 2.46. The predicted octanol–water partition coefficient (Wildman–Crippen LogP) is 2.36. The first-order valence-electron chi connectivity index (χ1n) is 8.36. The molecule has 5 nitrogen and oxygen atoms in total. The van der Waals surface area contributed by atoms with E-state index in [2.05, 4.69) is 19.2 Å². The SMILES string of the molecule is CC(C)CCNC(=O)N1CCC2(C1)C(=O)N(C)c1ccccc12. The number of amides is 3. The van der Waals surface area contributed by atoms with E-state index in [0.29, 0.717) is 32.0 Å². The molecule has 1 spiro atoms. The van der Waals surface area contributed by atoms with Crippen molar-refractivity contribution in [3.8, 4) is 0 Å². The molecular weight excluding hydrogens is 290 g/mol. The maximum absolute atomic E-state index is 12.8. The first-order valence-corrected chi connectivity index (χ1v) is 8.36. The number of hydrogen-bond acceptors (Lipinski definition) is 2.